The third-order valence-corrected chi connectivity index (χ3v) is 5.17. The van der Waals surface area contributed by atoms with Crippen LogP contribution < -0.4 is 0 Å². The monoisotopic (exact) mass is 422 g/mol. The van der Waals surface area contributed by atoms with Crippen LogP contribution in [0.4, 0.5) is 8.78 Å². The number of aromatic nitrogens is 5. The van der Waals surface area contributed by atoms with E-state index in [1.807, 2.05) is 30.3 Å². The molecular formula is C21H16F2N6O2. The van der Waals surface area contributed by atoms with Gasteiger partial charge in [0, 0.05) is 18.7 Å². The van der Waals surface area contributed by atoms with E-state index in [2.05, 4.69) is 20.5 Å². The van der Waals surface area contributed by atoms with Crippen molar-refractivity contribution in [2.45, 2.75) is 12.5 Å². The lowest BCUT2D eigenvalue weighted by atomic mass is 10.2. The molecule has 0 N–H and O–H groups in total. The zero-order valence-electron chi connectivity index (χ0n) is 16.2. The number of carbonyl (C=O) groups excluding carboxylic acids is 1. The van der Waals surface area contributed by atoms with E-state index in [1.54, 1.807) is 10.9 Å². The van der Waals surface area contributed by atoms with Crippen LogP contribution in [0.2, 0.25) is 0 Å². The number of likely N-dealkylation sites (tertiary alicyclic amines) is 1. The zero-order valence-corrected chi connectivity index (χ0v) is 16.2. The summed E-state index contributed by atoms with van der Waals surface area (Å²) in [6.45, 7) is 0.698. The molecule has 0 radical (unpaired) electrons. The Morgan fingerprint density at radius 1 is 1.13 bits per heavy atom. The Bertz CT molecular complexity index is 1240. The van der Waals surface area contributed by atoms with Gasteiger partial charge in [-0.2, -0.15) is 4.98 Å². The van der Waals surface area contributed by atoms with Crippen LogP contribution in [0.5, 0.6) is 0 Å². The van der Waals surface area contributed by atoms with E-state index in [4.69, 9.17) is 4.52 Å². The molecule has 0 saturated carbocycles. The van der Waals surface area contributed by atoms with Gasteiger partial charge < -0.3 is 9.42 Å². The third kappa shape index (κ3) is 3.67. The van der Waals surface area contributed by atoms with E-state index < -0.39 is 17.5 Å². The van der Waals surface area contributed by atoms with Gasteiger partial charge in [-0.25, -0.2) is 13.5 Å². The van der Waals surface area contributed by atoms with E-state index in [0.717, 1.165) is 23.8 Å². The smallest absolute Gasteiger partial charge is 0.280 e. The van der Waals surface area contributed by atoms with Gasteiger partial charge in [-0.3, -0.25) is 4.79 Å². The van der Waals surface area contributed by atoms with Crippen molar-refractivity contribution in [3.05, 3.63) is 71.9 Å². The minimum atomic E-state index is -0.747. The number of nitrogens with zero attached hydrogens (tertiary/aromatic N) is 6. The summed E-state index contributed by atoms with van der Waals surface area (Å²) >= 11 is 0. The van der Waals surface area contributed by atoms with Crippen molar-refractivity contribution in [2.24, 2.45) is 0 Å². The first-order valence-corrected chi connectivity index (χ1v) is 9.64. The Balaban J connectivity index is 1.30. The molecule has 1 amide bonds. The molecule has 1 fully saturated rings. The van der Waals surface area contributed by atoms with E-state index in [9.17, 15) is 13.6 Å². The maximum atomic E-state index is 13.9. The highest BCUT2D eigenvalue weighted by Gasteiger charge is 2.30. The van der Waals surface area contributed by atoms with Gasteiger partial charge in [0.25, 0.3) is 11.8 Å². The predicted octanol–water partition coefficient (Wildman–Crippen LogP) is 3.36. The number of hydrogen-bond donors (Lipinski definition) is 0. The third-order valence-electron chi connectivity index (χ3n) is 5.17. The standard InChI is InChI=1S/C21H16F2N6O2/c22-14-6-7-17(23)16(10-14)21(30)28-9-8-15(11-28)29-12-18(25-27-29)20-24-19(26-31-20)13-4-2-1-3-5-13/h1-7,10,12,15H,8-9,11H2/t15-/m1/s1. The Labute approximate surface area is 175 Å². The topological polar surface area (TPSA) is 89.9 Å². The molecule has 2 aromatic heterocycles. The molecule has 156 valence electrons. The summed E-state index contributed by atoms with van der Waals surface area (Å²) in [7, 11) is 0. The van der Waals surface area contributed by atoms with E-state index >= 15 is 0 Å². The molecule has 0 spiro atoms. The first-order valence-electron chi connectivity index (χ1n) is 9.64. The lowest BCUT2D eigenvalue weighted by Crippen LogP contribution is -2.30. The summed E-state index contributed by atoms with van der Waals surface area (Å²) in [5.74, 6) is -1.28. The fourth-order valence-corrected chi connectivity index (χ4v) is 3.56. The van der Waals surface area contributed by atoms with Crippen molar-refractivity contribution in [3.8, 4) is 23.0 Å². The Morgan fingerprint density at radius 3 is 2.81 bits per heavy atom. The van der Waals surface area contributed by atoms with Crippen LogP contribution in [0.25, 0.3) is 23.0 Å². The SMILES string of the molecule is O=C(c1cc(F)ccc1F)N1CC[C@@H](n2cc(-c3nc(-c4ccccc4)no3)nn2)C1. The largest absolute Gasteiger partial charge is 0.336 e. The van der Waals surface area contributed by atoms with E-state index in [0.29, 0.717) is 31.0 Å². The fourth-order valence-electron chi connectivity index (χ4n) is 3.56. The highest BCUT2D eigenvalue weighted by atomic mass is 19.1. The molecule has 0 aliphatic carbocycles. The Hall–Kier alpha value is -3.95. The molecule has 0 unspecified atom stereocenters. The van der Waals surface area contributed by atoms with Crippen LogP contribution in [0.1, 0.15) is 22.8 Å². The number of rotatable bonds is 4. The Kier molecular flexibility index (Phi) is 4.73. The summed E-state index contributed by atoms with van der Waals surface area (Å²) in [5, 5.41) is 12.2. The number of amides is 1. The number of hydrogen-bond acceptors (Lipinski definition) is 6. The lowest BCUT2D eigenvalue weighted by molar-refractivity contribution is 0.0781. The molecule has 1 atom stereocenters. The molecule has 1 aliphatic heterocycles. The Morgan fingerprint density at radius 2 is 1.97 bits per heavy atom. The van der Waals surface area contributed by atoms with Gasteiger partial charge in [0.15, 0.2) is 5.69 Å². The summed E-state index contributed by atoms with van der Waals surface area (Å²) in [5.41, 5.74) is 0.953. The summed E-state index contributed by atoms with van der Waals surface area (Å²) in [4.78, 5) is 18.4. The number of halogens is 2. The van der Waals surface area contributed by atoms with Crippen LogP contribution in [-0.2, 0) is 0 Å². The van der Waals surface area contributed by atoms with Gasteiger partial charge in [-0.1, -0.05) is 40.7 Å². The van der Waals surface area contributed by atoms with E-state index in [1.165, 1.54) is 4.90 Å². The second-order valence-corrected chi connectivity index (χ2v) is 7.19. The van der Waals surface area contributed by atoms with E-state index in [-0.39, 0.29) is 17.5 Å². The van der Waals surface area contributed by atoms with Crippen molar-refractivity contribution in [2.75, 3.05) is 13.1 Å². The maximum absolute atomic E-state index is 13.9. The molecule has 31 heavy (non-hydrogen) atoms. The first kappa shape index (κ1) is 19.0. The fraction of sp³-hybridized carbons (Fsp3) is 0.190. The second-order valence-electron chi connectivity index (χ2n) is 7.19. The number of carbonyl (C=O) groups is 1. The van der Waals surface area contributed by atoms with Crippen LogP contribution in [0.3, 0.4) is 0 Å². The zero-order chi connectivity index (χ0) is 21.4. The number of benzene rings is 2. The minimum Gasteiger partial charge on any atom is -0.336 e. The molecule has 5 rings (SSSR count). The molecule has 1 saturated heterocycles. The highest BCUT2D eigenvalue weighted by molar-refractivity contribution is 5.94. The van der Waals surface area contributed by atoms with Crippen LogP contribution in [0.15, 0.2) is 59.3 Å². The van der Waals surface area contributed by atoms with Crippen molar-refractivity contribution in [1.29, 1.82) is 0 Å². The second kappa shape index (κ2) is 7.71. The lowest BCUT2D eigenvalue weighted by Gasteiger charge is -2.17. The van der Waals surface area contributed by atoms with Gasteiger partial charge in [0.05, 0.1) is 17.8 Å². The van der Waals surface area contributed by atoms with Crippen LogP contribution >= 0.6 is 0 Å². The molecule has 4 aromatic rings. The van der Waals surface area contributed by atoms with Gasteiger partial charge in [0.1, 0.15) is 11.6 Å². The van der Waals surface area contributed by atoms with Gasteiger partial charge in [0.2, 0.25) is 5.82 Å². The summed E-state index contributed by atoms with van der Waals surface area (Å²) in [6.07, 6.45) is 2.27. The summed E-state index contributed by atoms with van der Waals surface area (Å²) in [6, 6.07) is 12.1. The molecular weight excluding hydrogens is 406 g/mol. The average Bonchev–Trinajstić information content (AvgIpc) is 3.55. The molecule has 1 aliphatic rings. The highest BCUT2D eigenvalue weighted by Crippen LogP contribution is 2.26. The molecule has 8 nitrogen and oxygen atoms in total. The molecule has 0 bridgehead atoms. The van der Waals surface area contributed by atoms with Crippen molar-refractivity contribution < 1.29 is 18.1 Å². The molecule has 2 aromatic carbocycles. The predicted molar refractivity (Wildman–Crippen MR) is 105 cm³/mol. The molecule has 10 heteroatoms. The average molecular weight is 422 g/mol. The van der Waals surface area contributed by atoms with Crippen molar-refractivity contribution in [3.63, 3.8) is 0 Å². The molecule has 3 heterocycles. The van der Waals surface area contributed by atoms with Gasteiger partial charge in [-0.05, 0) is 24.6 Å². The quantitative estimate of drug-likeness (QED) is 0.501. The van der Waals surface area contributed by atoms with Crippen molar-refractivity contribution >= 4 is 5.91 Å². The van der Waals surface area contributed by atoms with Gasteiger partial charge in [-0.15, -0.1) is 5.10 Å². The van der Waals surface area contributed by atoms with Gasteiger partial charge >= 0.3 is 0 Å². The summed E-state index contributed by atoms with van der Waals surface area (Å²) < 4.78 is 34.3. The first-order chi connectivity index (χ1) is 15.1. The van der Waals surface area contributed by atoms with Crippen LogP contribution in [0, 0.1) is 11.6 Å². The minimum absolute atomic E-state index is 0.154. The van der Waals surface area contributed by atoms with Crippen molar-refractivity contribution in [1.82, 2.24) is 30.0 Å². The van der Waals surface area contributed by atoms with Crippen LogP contribution in [-0.4, -0.2) is 49.0 Å². The maximum Gasteiger partial charge on any atom is 0.280 e. The normalized spacial score (nSPS) is 16.1.